The van der Waals surface area contributed by atoms with Crippen molar-refractivity contribution in [2.24, 2.45) is 5.73 Å². The molecule has 0 aromatic carbocycles. The molecule has 0 bridgehead atoms. The molecule has 0 aliphatic carbocycles. The second kappa shape index (κ2) is 4.95. The summed E-state index contributed by atoms with van der Waals surface area (Å²) in [5.41, 5.74) is 7.30. The third-order valence-corrected chi connectivity index (χ3v) is 4.65. The maximum Gasteiger partial charge on any atom is 0.235 e. The van der Waals surface area contributed by atoms with E-state index in [-0.39, 0.29) is 0 Å². The van der Waals surface area contributed by atoms with Crippen LogP contribution in [0.15, 0.2) is 29.9 Å². The van der Waals surface area contributed by atoms with Crippen molar-refractivity contribution < 1.29 is 0 Å². The number of nitrogens with zero attached hydrogens (tertiary/aromatic N) is 6. The molecule has 0 fully saturated rings. The van der Waals surface area contributed by atoms with Crippen LogP contribution in [0.4, 0.5) is 0 Å². The zero-order valence-corrected chi connectivity index (χ0v) is 12.3. The fourth-order valence-electron chi connectivity index (χ4n) is 1.90. The first kappa shape index (κ1) is 12.5. The van der Waals surface area contributed by atoms with Gasteiger partial charge in [0.2, 0.25) is 4.96 Å². The van der Waals surface area contributed by atoms with Gasteiger partial charge >= 0.3 is 0 Å². The highest BCUT2D eigenvalue weighted by atomic mass is 32.1. The molecule has 7 nitrogen and oxygen atoms in total. The molecule has 21 heavy (non-hydrogen) atoms. The SMILES string of the molecule is NCc1nc(-c2nn3c(-c4cccnc4)nnc3s2)cs1. The van der Waals surface area contributed by atoms with Gasteiger partial charge in [0.05, 0.1) is 0 Å². The topological polar surface area (TPSA) is 94.9 Å². The number of nitrogens with two attached hydrogens (primary N) is 1. The Hall–Kier alpha value is -2.23. The van der Waals surface area contributed by atoms with Gasteiger partial charge in [-0.2, -0.15) is 9.61 Å². The van der Waals surface area contributed by atoms with E-state index >= 15 is 0 Å². The largest absolute Gasteiger partial charge is 0.325 e. The van der Waals surface area contributed by atoms with Crippen LogP contribution in [0.2, 0.25) is 0 Å². The smallest absolute Gasteiger partial charge is 0.235 e. The Morgan fingerprint density at radius 3 is 3.00 bits per heavy atom. The fraction of sp³-hybridized carbons (Fsp3) is 0.0833. The summed E-state index contributed by atoms with van der Waals surface area (Å²) in [5.74, 6) is 0.676. The van der Waals surface area contributed by atoms with Crippen LogP contribution in [0.3, 0.4) is 0 Å². The first-order valence-corrected chi connectivity index (χ1v) is 7.82. The van der Waals surface area contributed by atoms with Gasteiger partial charge in [-0.25, -0.2) is 4.98 Å². The lowest BCUT2D eigenvalue weighted by Gasteiger charge is -1.94. The third-order valence-electron chi connectivity index (χ3n) is 2.86. The fourth-order valence-corrected chi connectivity index (χ4v) is 3.43. The van der Waals surface area contributed by atoms with Crippen LogP contribution in [-0.4, -0.2) is 29.8 Å². The highest BCUT2D eigenvalue weighted by Crippen LogP contribution is 2.28. The molecule has 0 saturated heterocycles. The van der Waals surface area contributed by atoms with Gasteiger partial charge in [0.25, 0.3) is 0 Å². The predicted molar refractivity (Wildman–Crippen MR) is 80.9 cm³/mol. The minimum Gasteiger partial charge on any atom is -0.325 e. The Kier molecular flexibility index (Phi) is 2.95. The number of rotatable bonds is 3. The van der Waals surface area contributed by atoms with Crippen LogP contribution >= 0.6 is 22.7 Å². The van der Waals surface area contributed by atoms with Gasteiger partial charge in [-0.3, -0.25) is 4.98 Å². The van der Waals surface area contributed by atoms with E-state index in [0.29, 0.717) is 12.4 Å². The van der Waals surface area contributed by atoms with Crippen molar-refractivity contribution in [1.29, 1.82) is 0 Å². The van der Waals surface area contributed by atoms with E-state index in [0.717, 1.165) is 26.2 Å². The predicted octanol–water partition coefficient (Wildman–Crippen LogP) is 1.83. The first-order chi connectivity index (χ1) is 10.3. The van der Waals surface area contributed by atoms with Crippen molar-refractivity contribution in [3.8, 4) is 22.1 Å². The second-order valence-electron chi connectivity index (χ2n) is 4.20. The molecule has 0 spiro atoms. The van der Waals surface area contributed by atoms with Crippen molar-refractivity contribution in [3.05, 3.63) is 34.9 Å². The molecule has 0 aliphatic heterocycles. The van der Waals surface area contributed by atoms with Gasteiger partial charge in [-0.1, -0.05) is 11.3 Å². The molecule has 104 valence electrons. The molecule has 0 saturated carbocycles. The van der Waals surface area contributed by atoms with Crippen LogP contribution in [0.1, 0.15) is 5.01 Å². The van der Waals surface area contributed by atoms with Crippen LogP contribution in [0.25, 0.3) is 27.1 Å². The summed E-state index contributed by atoms with van der Waals surface area (Å²) < 4.78 is 1.72. The van der Waals surface area contributed by atoms with Gasteiger partial charge in [0.1, 0.15) is 10.7 Å². The van der Waals surface area contributed by atoms with Gasteiger partial charge in [-0.15, -0.1) is 21.5 Å². The summed E-state index contributed by atoms with van der Waals surface area (Å²) in [6.07, 6.45) is 3.46. The van der Waals surface area contributed by atoms with E-state index in [2.05, 4.69) is 25.3 Å². The Labute approximate surface area is 127 Å². The number of thiazole rings is 1. The maximum atomic E-state index is 5.59. The van der Waals surface area contributed by atoms with Crippen LogP contribution in [0, 0.1) is 0 Å². The zero-order chi connectivity index (χ0) is 14.2. The Balaban J connectivity index is 1.82. The lowest BCUT2D eigenvalue weighted by atomic mass is 10.3. The standard InChI is InChI=1S/C12H9N7S2/c13-4-9-15-8(6-20-9)11-18-19-10(16-17-12(19)21-11)7-2-1-3-14-5-7/h1-3,5-6H,4,13H2. The normalized spacial score (nSPS) is 11.3. The summed E-state index contributed by atoms with van der Waals surface area (Å²) in [7, 11) is 0. The third kappa shape index (κ3) is 2.11. The van der Waals surface area contributed by atoms with Crippen molar-refractivity contribution >= 4 is 27.6 Å². The monoisotopic (exact) mass is 315 g/mol. The Morgan fingerprint density at radius 1 is 1.29 bits per heavy atom. The number of aromatic nitrogens is 6. The quantitative estimate of drug-likeness (QED) is 0.620. The molecule has 4 rings (SSSR count). The van der Waals surface area contributed by atoms with E-state index in [9.17, 15) is 0 Å². The summed E-state index contributed by atoms with van der Waals surface area (Å²) in [6.45, 7) is 0.440. The zero-order valence-electron chi connectivity index (χ0n) is 10.7. The average Bonchev–Trinajstić information content (AvgIpc) is 3.22. The molecule has 0 radical (unpaired) electrons. The number of fused-ring (bicyclic) bond motifs is 1. The molecule has 4 heterocycles. The Morgan fingerprint density at radius 2 is 2.24 bits per heavy atom. The highest BCUT2D eigenvalue weighted by Gasteiger charge is 2.15. The molecule has 2 N–H and O–H groups in total. The minimum atomic E-state index is 0.440. The highest BCUT2D eigenvalue weighted by molar-refractivity contribution is 7.20. The van der Waals surface area contributed by atoms with E-state index in [1.54, 1.807) is 16.9 Å². The number of hydrogen-bond donors (Lipinski definition) is 1. The average molecular weight is 315 g/mol. The van der Waals surface area contributed by atoms with Crippen LogP contribution in [0.5, 0.6) is 0 Å². The molecular weight excluding hydrogens is 306 g/mol. The van der Waals surface area contributed by atoms with E-state index in [4.69, 9.17) is 5.73 Å². The van der Waals surface area contributed by atoms with Crippen molar-refractivity contribution in [3.63, 3.8) is 0 Å². The van der Waals surface area contributed by atoms with E-state index < -0.39 is 0 Å². The Bertz CT molecular complexity index is 893. The minimum absolute atomic E-state index is 0.440. The van der Waals surface area contributed by atoms with E-state index in [1.165, 1.54) is 22.7 Å². The molecule has 4 aromatic heterocycles. The number of hydrogen-bond acceptors (Lipinski definition) is 8. The lowest BCUT2D eigenvalue weighted by Crippen LogP contribution is -1.95. The summed E-state index contributed by atoms with van der Waals surface area (Å²) in [6, 6.07) is 3.79. The second-order valence-corrected chi connectivity index (χ2v) is 6.10. The summed E-state index contributed by atoms with van der Waals surface area (Å²) in [5, 5.41) is 16.5. The van der Waals surface area contributed by atoms with Gasteiger partial charge < -0.3 is 5.73 Å². The lowest BCUT2D eigenvalue weighted by molar-refractivity contribution is 0.963. The maximum absolute atomic E-state index is 5.59. The van der Waals surface area contributed by atoms with Gasteiger partial charge in [0.15, 0.2) is 10.8 Å². The van der Waals surface area contributed by atoms with Crippen molar-refractivity contribution in [2.75, 3.05) is 0 Å². The van der Waals surface area contributed by atoms with Gasteiger partial charge in [0, 0.05) is 29.9 Å². The molecule has 0 unspecified atom stereocenters. The summed E-state index contributed by atoms with van der Waals surface area (Å²) in [4.78, 5) is 9.27. The molecule has 0 amide bonds. The summed E-state index contributed by atoms with van der Waals surface area (Å²) >= 11 is 2.98. The van der Waals surface area contributed by atoms with Gasteiger partial charge in [-0.05, 0) is 12.1 Å². The molecular formula is C12H9N7S2. The van der Waals surface area contributed by atoms with Crippen LogP contribution < -0.4 is 5.73 Å². The van der Waals surface area contributed by atoms with Crippen molar-refractivity contribution in [1.82, 2.24) is 29.8 Å². The molecule has 4 aromatic rings. The molecule has 0 aliphatic rings. The first-order valence-electron chi connectivity index (χ1n) is 6.12. The molecule has 9 heteroatoms. The van der Waals surface area contributed by atoms with Crippen molar-refractivity contribution in [2.45, 2.75) is 6.54 Å². The van der Waals surface area contributed by atoms with Crippen LogP contribution in [-0.2, 0) is 6.54 Å². The molecule has 0 atom stereocenters. The van der Waals surface area contributed by atoms with E-state index in [1.807, 2.05) is 17.5 Å². The number of pyridine rings is 1.